The van der Waals surface area contributed by atoms with Crippen molar-refractivity contribution >= 4 is 85.6 Å². The zero-order chi connectivity index (χ0) is 26.2. The Hall–Kier alpha value is -2.85. The summed E-state index contributed by atoms with van der Waals surface area (Å²) < 4.78 is 8.15. The van der Waals surface area contributed by atoms with E-state index in [1.165, 1.54) is 27.8 Å². The first-order valence-corrected chi connectivity index (χ1v) is 14.3. The van der Waals surface area contributed by atoms with Gasteiger partial charge in [0.15, 0.2) is 4.34 Å². The lowest BCUT2D eigenvalue weighted by Gasteiger charge is -2.05. The first-order chi connectivity index (χ1) is 17.9. The molecule has 37 heavy (non-hydrogen) atoms. The average molecular weight is 641 g/mol. The molecule has 0 unspecified atom stereocenters. The summed E-state index contributed by atoms with van der Waals surface area (Å²) in [6.07, 6.45) is 1.57. The van der Waals surface area contributed by atoms with Crippen LogP contribution in [0.2, 0.25) is 5.02 Å². The van der Waals surface area contributed by atoms with Gasteiger partial charge in [-0.3, -0.25) is 10.1 Å². The van der Waals surface area contributed by atoms with Gasteiger partial charge >= 0.3 is 0 Å². The molecule has 0 aliphatic carbocycles. The maximum Gasteiger partial charge on any atom is 0.264 e. The Bertz CT molecular complexity index is 1400. The number of nitrogens with one attached hydrogen (secondary N) is 2. The van der Waals surface area contributed by atoms with Crippen LogP contribution in [0.5, 0.6) is 5.75 Å². The predicted molar refractivity (Wildman–Crippen MR) is 152 cm³/mol. The van der Waals surface area contributed by atoms with Crippen molar-refractivity contribution in [1.82, 2.24) is 25.1 Å². The van der Waals surface area contributed by atoms with Crippen molar-refractivity contribution < 1.29 is 9.53 Å². The second-order valence-electron chi connectivity index (χ2n) is 7.06. The number of aromatic nitrogens is 5. The minimum Gasteiger partial charge on any atom is -0.496 e. The normalized spacial score (nSPS) is 11.1. The lowest BCUT2D eigenvalue weighted by molar-refractivity contribution is -0.113. The number of benzene rings is 2. The van der Waals surface area contributed by atoms with Crippen LogP contribution < -0.4 is 21.3 Å². The Labute approximate surface area is 237 Å². The van der Waals surface area contributed by atoms with Gasteiger partial charge in [-0.05, 0) is 35.9 Å². The second kappa shape index (κ2) is 13.1. The number of methoxy groups -OCH3 is 1. The Morgan fingerprint density at radius 3 is 2.81 bits per heavy atom. The molecular weight excluding hydrogens is 622 g/mol. The van der Waals surface area contributed by atoms with Crippen molar-refractivity contribution in [3.8, 4) is 5.75 Å². The minimum absolute atomic E-state index is 0.0562. The number of nitrogens with two attached hydrogens (primary N) is 1. The van der Waals surface area contributed by atoms with Gasteiger partial charge in [0.1, 0.15) is 5.75 Å². The summed E-state index contributed by atoms with van der Waals surface area (Å²) >= 11 is 13.3. The summed E-state index contributed by atoms with van der Waals surface area (Å²) in [5.41, 5.74) is 4.60. The molecule has 0 radical (unpaired) electrons. The summed E-state index contributed by atoms with van der Waals surface area (Å²) in [7, 11) is 1.58. The summed E-state index contributed by atoms with van der Waals surface area (Å²) in [6, 6.07) is 13.1. The minimum atomic E-state index is -0.271. The second-order valence-corrected chi connectivity index (χ2v) is 11.6. The lowest BCUT2D eigenvalue weighted by Crippen LogP contribution is -2.16. The Balaban J connectivity index is 1.25. The zero-order valence-electron chi connectivity index (χ0n) is 19.1. The fourth-order valence-corrected chi connectivity index (χ4v) is 5.63. The maximum atomic E-state index is 12.4. The van der Waals surface area contributed by atoms with Crippen molar-refractivity contribution in [2.75, 3.05) is 29.4 Å². The van der Waals surface area contributed by atoms with E-state index in [0.29, 0.717) is 21.1 Å². The number of carbonyl (C=O) groups excluding carboxylic acids is 1. The van der Waals surface area contributed by atoms with E-state index >= 15 is 0 Å². The van der Waals surface area contributed by atoms with Gasteiger partial charge in [-0.1, -0.05) is 74.5 Å². The summed E-state index contributed by atoms with van der Waals surface area (Å²) in [6.45, 7) is 0. The van der Waals surface area contributed by atoms with Crippen molar-refractivity contribution in [3.63, 3.8) is 0 Å². The molecule has 11 nitrogen and oxygen atoms in total. The van der Waals surface area contributed by atoms with E-state index in [1.807, 2.05) is 42.5 Å². The van der Waals surface area contributed by atoms with Crippen LogP contribution in [0.25, 0.3) is 0 Å². The Kier molecular flexibility index (Phi) is 9.62. The maximum absolute atomic E-state index is 12.4. The molecule has 2 heterocycles. The molecule has 4 N–H and O–H groups in total. The quantitative estimate of drug-likeness (QED) is 0.0691. The number of anilines is 2. The number of hydrogen-bond donors (Lipinski definition) is 3. The Morgan fingerprint density at radius 1 is 1.22 bits per heavy atom. The smallest absolute Gasteiger partial charge is 0.264 e. The largest absolute Gasteiger partial charge is 0.496 e. The highest BCUT2D eigenvalue weighted by atomic mass is 79.9. The number of amides is 1. The number of thioether (sulfide) groups is 2. The van der Waals surface area contributed by atoms with Gasteiger partial charge in [-0.15, -0.1) is 20.4 Å². The lowest BCUT2D eigenvalue weighted by atomic mass is 10.2. The standard InChI is InChI=1S/C21H19BrClN9O2S3/c1-34-16-7-4-14(22)8-13(16)9-25-27-18-28-30-20(32(18)24)35-11-17(33)26-19-29-31-21(37-19)36-10-12-2-5-15(23)6-3-12/h2-9H,10-11,24H2,1H3,(H,27,28)(H,26,29,33)/b25-9+. The number of carbonyl (C=O) groups is 1. The highest BCUT2D eigenvalue weighted by Crippen LogP contribution is 2.29. The van der Waals surface area contributed by atoms with E-state index in [1.54, 1.807) is 13.3 Å². The van der Waals surface area contributed by atoms with Gasteiger partial charge in [0.2, 0.25) is 16.2 Å². The molecule has 2 aromatic heterocycles. The molecule has 16 heteroatoms. The molecule has 4 aromatic rings. The van der Waals surface area contributed by atoms with E-state index in [2.05, 4.69) is 52.2 Å². The zero-order valence-corrected chi connectivity index (χ0v) is 23.9. The van der Waals surface area contributed by atoms with Crippen LogP contribution in [0.15, 0.2) is 61.5 Å². The van der Waals surface area contributed by atoms with Crippen molar-refractivity contribution in [2.45, 2.75) is 15.2 Å². The molecule has 0 bridgehead atoms. The number of ether oxygens (including phenoxy) is 1. The summed E-state index contributed by atoms with van der Waals surface area (Å²) in [4.78, 5) is 12.4. The first-order valence-electron chi connectivity index (χ1n) is 10.4. The number of rotatable bonds is 11. The molecular formula is C21H19BrClN9O2S3. The number of halogens is 2. The van der Waals surface area contributed by atoms with Crippen LogP contribution in [0.3, 0.4) is 0 Å². The van der Waals surface area contributed by atoms with Gasteiger partial charge < -0.3 is 10.6 Å². The molecule has 0 saturated carbocycles. The van der Waals surface area contributed by atoms with Crippen molar-refractivity contribution in [2.24, 2.45) is 5.10 Å². The van der Waals surface area contributed by atoms with Gasteiger partial charge in [-0.2, -0.15) is 5.10 Å². The van der Waals surface area contributed by atoms with Gasteiger partial charge in [0.05, 0.1) is 19.1 Å². The number of hydrogen-bond acceptors (Lipinski definition) is 12. The number of hydrazone groups is 1. The molecule has 2 aromatic carbocycles. The molecule has 192 valence electrons. The molecule has 0 saturated heterocycles. The molecule has 0 aliphatic heterocycles. The average Bonchev–Trinajstić information content (AvgIpc) is 3.48. The van der Waals surface area contributed by atoms with Crippen LogP contribution in [0, 0.1) is 0 Å². The fourth-order valence-electron chi connectivity index (χ4n) is 2.75. The molecule has 0 fully saturated rings. The topological polar surface area (TPSA) is 145 Å². The summed E-state index contributed by atoms with van der Waals surface area (Å²) in [5, 5.41) is 24.4. The van der Waals surface area contributed by atoms with Crippen LogP contribution in [-0.2, 0) is 10.5 Å². The fraction of sp³-hybridized carbons (Fsp3) is 0.143. The third kappa shape index (κ3) is 7.82. The summed E-state index contributed by atoms with van der Waals surface area (Å²) in [5.74, 6) is 7.41. The van der Waals surface area contributed by atoms with E-state index in [4.69, 9.17) is 22.2 Å². The van der Waals surface area contributed by atoms with Gasteiger partial charge in [0.25, 0.3) is 5.95 Å². The van der Waals surface area contributed by atoms with Crippen LogP contribution in [0.4, 0.5) is 11.1 Å². The van der Waals surface area contributed by atoms with Gasteiger partial charge in [0, 0.05) is 20.8 Å². The first kappa shape index (κ1) is 27.2. The van der Waals surface area contributed by atoms with Crippen LogP contribution >= 0.6 is 62.4 Å². The molecule has 4 rings (SSSR count). The van der Waals surface area contributed by atoms with Crippen LogP contribution in [0.1, 0.15) is 11.1 Å². The highest BCUT2D eigenvalue weighted by Gasteiger charge is 2.14. The molecule has 0 atom stereocenters. The van der Waals surface area contributed by atoms with E-state index in [0.717, 1.165) is 37.5 Å². The van der Waals surface area contributed by atoms with E-state index in [-0.39, 0.29) is 17.6 Å². The van der Waals surface area contributed by atoms with Crippen molar-refractivity contribution in [1.29, 1.82) is 0 Å². The highest BCUT2D eigenvalue weighted by molar-refractivity contribution is 9.10. The predicted octanol–water partition coefficient (Wildman–Crippen LogP) is 4.74. The SMILES string of the molecule is COc1ccc(Br)cc1/C=N/Nc1nnc(SCC(=O)Nc2nnc(SCc3ccc(Cl)cc3)s2)n1N. The van der Waals surface area contributed by atoms with Crippen LogP contribution in [-0.4, -0.2) is 50.1 Å². The number of nitrogen functional groups attached to an aromatic ring is 1. The molecule has 1 amide bonds. The van der Waals surface area contributed by atoms with Crippen molar-refractivity contribution in [3.05, 3.63) is 63.1 Å². The third-order valence-corrected chi connectivity index (χ3v) is 8.22. The molecule has 0 spiro atoms. The monoisotopic (exact) mass is 639 g/mol. The molecule has 0 aliphatic rings. The Morgan fingerprint density at radius 2 is 2.03 bits per heavy atom. The van der Waals surface area contributed by atoms with E-state index in [9.17, 15) is 4.79 Å². The number of nitrogens with zero attached hydrogens (tertiary/aromatic N) is 6. The van der Waals surface area contributed by atoms with Gasteiger partial charge in [-0.25, -0.2) is 10.1 Å². The van der Waals surface area contributed by atoms with E-state index < -0.39 is 0 Å². The third-order valence-electron chi connectivity index (χ3n) is 4.49.